The van der Waals surface area contributed by atoms with Gasteiger partial charge < -0.3 is 4.90 Å². The summed E-state index contributed by atoms with van der Waals surface area (Å²) in [7, 11) is 4.27. The Morgan fingerprint density at radius 3 is 2.55 bits per heavy atom. The van der Waals surface area contributed by atoms with E-state index in [9.17, 15) is 0 Å². The van der Waals surface area contributed by atoms with Crippen molar-refractivity contribution in [2.24, 2.45) is 0 Å². The summed E-state index contributed by atoms with van der Waals surface area (Å²) in [5.74, 6) is 1.15. The van der Waals surface area contributed by atoms with E-state index in [0.29, 0.717) is 0 Å². The number of rotatable bonds is 3. The highest BCUT2D eigenvalue weighted by atomic mass is 32.2. The summed E-state index contributed by atoms with van der Waals surface area (Å²) >= 11 is 1.98. The van der Waals surface area contributed by atoms with Crippen molar-refractivity contribution < 1.29 is 0 Å². The minimum atomic E-state index is 1.08. The number of nitrogens with zero attached hydrogens (tertiary/aromatic N) is 1. The van der Waals surface area contributed by atoms with Crippen molar-refractivity contribution in [3.05, 3.63) is 71.3 Å². The van der Waals surface area contributed by atoms with E-state index < -0.39 is 0 Å². The molecule has 1 aliphatic rings. The van der Waals surface area contributed by atoms with E-state index in [2.05, 4.69) is 73.6 Å². The minimum absolute atomic E-state index is 1.08. The summed E-state index contributed by atoms with van der Waals surface area (Å²) in [6.07, 6.45) is 4.64. The van der Waals surface area contributed by atoms with Crippen molar-refractivity contribution in [3.63, 3.8) is 0 Å². The molecule has 114 valence electrons. The van der Waals surface area contributed by atoms with Gasteiger partial charge in [-0.1, -0.05) is 48.5 Å². The lowest BCUT2D eigenvalue weighted by Crippen LogP contribution is -2.12. The zero-order chi connectivity index (χ0) is 15.4. The maximum atomic E-state index is 2.42. The lowest BCUT2D eigenvalue weighted by molar-refractivity contribution is 0.417. The fourth-order valence-corrected chi connectivity index (χ4v) is 3.97. The lowest BCUT2D eigenvalue weighted by Gasteiger charge is -2.20. The molecule has 0 amide bonds. The predicted molar refractivity (Wildman–Crippen MR) is 97.6 cm³/mol. The van der Waals surface area contributed by atoms with Gasteiger partial charge in [-0.3, -0.25) is 0 Å². The van der Waals surface area contributed by atoms with E-state index in [0.717, 1.165) is 25.1 Å². The molecule has 0 bridgehead atoms. The van der Waals surface area contributed by atoms with Crippen LogP contribution in [0, 0.1) is 0 Å². The van der Waals surface area contributed by atoms with Crippen LogP contribution in [0.3, 0.4) is 0 Å². The third-order valence-corrected chi connectivity index (χ3v) is 5.11. The second kappa shape index (κ2) is 7.17. The average molecular weight is 309 g/mol. The number of benzene rings is 2. The normalized spacial score (nSPS) is 16.0. The number of hydrogen-bond acceptors (Lipinski definition) is 2. The Morgan fingerprint density at radius 2 is 1.73 bits per heavy atom. The first-order valence-corrected chi connectivity index (χ1v) is 8.89. The molecule has 0 spiro atoms. The number of hydrogen-bond donors (Lipinski definition) is 0. The highest BCUT2D eigenvalue weighted by molar-refractivity contribution is 7.99. The molecule has 2 heteroatoms. The number of thioether (sulfide) groups is 1. The molecule has 0 atom stereocenters. The Balaban J connectivity index is 2.08. The molecule has 2 aromatic rings. The Kier molecular flexibility index (Phi) is 5.01. The molecule has 0 fully saturated rings. The molecule has 1 nitrogen and oxygen atoms in total. The van der Waals surface area contributed by atoms with Gasteiger partial charge in [-0.05, 0) is 55.3 Å². The smallest absolute Gasteiger partial charge is 0.0151 e. The maximum absolute atomic E-state index is 2.42. The standard InChI is InChI=1S/C20H23NS/c1-21(2)14-7-11-18-17-9-4-3-8-16(17)13-15-22-20-12-6-5-10-19(18)20/h3-6,8-12H,7,13-15H2,1-2H3. The monoisotopic (exact) mass is 309 g/mol. The van der Waals surface area contributed by atoms with Gasteiger partial charge in [-0.2, -0.15) is 0 Å². The summed E-state index contributed by atoms with van der Waals surface area (Å²) < 4.78 is 0. The average Bonchev–Trinajstić information content (AvgIpc) is 2.51. The van der Waals surface area contributed by atoms with Crippen molar-refractivity contribution in [2.45, 2.75) is 17.7 Å². The van der Waals surface area contributed by atoms with Crippen LogP contribution in [0.2, 0.25) is 0 Å². The van der Waals surface area contributed by atoms with E-state index in [4.69, 9.17) is 0 Å². The molecule has 0 N–H and O–H groups in total. The second-order valence-corrected chi connectivity index (χ2v) is 7.10. The molecule has 0 aliphatic carbocycles. The van der Waals surface area contributed by atoms with Crippen LogP contribution in [0.4, 0.5) is 0 Å². The summed E-state index contributed by atoms with van der Waals surface area (Å²) in [5.41, 5.74) is 5.67. The van der Waals surface area contributed by atoms with Crippen LogP contribution in [0.5, 0.6) is 0 Å². The molecule has 1 aliphatic heterocycles. The first kappa shape index (κ1) is 15.4. The Labute approximate surface area is 138 Å². The van der Waals surface area contributed by atoms with E-state index >= 15 is 0 Å². The summed E-state index contributed by atoms with van der Waals surface area (Å²) in [5, 5.41) is 0. The van der Waals surface area contributed by atoms with Crippen LogP contribution < -0.4 is 0 Å². The lowest BCUT2D eigenvalue weighted by atomic mass is 9.91. The van der Waals surface area contributed by atoms with Gasteiger partial charge in [0, 0.05) is 17.2 Å². The van der Waals surface area contributed by atoms with Crippen molar-refractivity contribution in [3.8, 4) is 0 Å². The number of fused-ring (bicyclic) bond motifs is 2. The first-order valence-electron chi connectivity index (χ1n) is 7.91. The van der Waals surface area contributed by atoms with Gasteiger partial charge in [0.15, 0.2) is 0 Å². The molecule has 0 unspecified atom stereocenters. The Morgan fingerprint density at radius 1 is 1.00 bits per heavy atom. The molecule has 2 aromatic carbocycles. The van der Waals surface area contributed by atoms with Crippen LogP contribution in [-0.4, -0.2) is 31.3 Å². The van der Waals surface area contributed by atoms with Crippen LogP contribution in [0.15, 0.2) is 59.5 Å². The van der Waals surface area contributed by atoms with Crippen molar-refractivity contribution in [1.82, 2.24) is 4.90 Å². The van der Waals surface area contributed by atoms with Crippen LogP contribution >= 0.6 is 11.8 Å². The van der Waals surface area contributed by atoms with Crippen LogP contribution in [0.1, 0.15) is 23.1 Å². The fourth-order valence-electron chi connectivity index (χ4n) is 2.92. The summed E-state index contributed by atoms with van der Waals surface area (Å²) in [6.45, 7) is 1.08. The number of aryl methyl sites for hydroxylation is 1. The van der Waals surface area contributed by atoms with E-state index in [1.165, 1.54) is 27.2 Å². The third-order valence-electron chi connectivity index (χ3n) is 4.04. The largest absolute Gasteiger partial charge is 0.309 e. The molecule has 0 saturated heterocycles. The summed E-state index contributed by atoms with van der Waals surface area (Å²) in [6, 6.07) is 17.7. The van der Waals surface area contributed by atoms with Gasteiger partial charge in [-0.15, -0.1) is 11.8 Å². The Bertz CT molecular complexity index is 623. The molecular formula is C20H23NS. The van der Waals surface area contributed by atoms with Gasteiger partial charge in [0.25, 0.3) is 0 Å². The van der Waals surface area contributed by atoms with Crippen molar-refractivity contribution in [2.75, 3.05) is 26.4 Å². The zero-order valence-corrected chi connectivity index (χ0v) is 14.2. The highest BCUT2D eigenvalue weighted by Gasteiger charge is 2.16. The summed E-state index contributed by atoms with van der Waals surface area (Å²) in [4.78, 5) is 3.65. The second-order valence-electron chi connectivity index (χ2n) is 5.96. The van der Waals surface area contributed by atoms with Gasteiger partial charge >= 0.3 is 0 Å². The zero-order valence-electron chi connectivity index (χ0n) is 13.4. The Hall–Kier alpha value is -1.51. The molecule has 0 aromatic heterocycles. The fraction of sp³-hybridized carbons (Fsp3) is 0.300. The minimum Gasteiger partial charge on any atom is -0.309 e. The molecule has 1 heterocycles. The van der Waals surface area contributed by atoms with Gasteiger partial charge in [0.2, 0.25) is 0 Å². The topological polar surface area (TPSA) is 3.24 Å². The predicted octanol–water partition coefficient (Wildman–Crippen LogP) is 4.72. The van der Waals surface area contributed by atoms with E-state index in [1.54, 1.807) is 0 Å². The van der Waals surface area contributed by atoms with Gasteiger partial charge in [0.05, 0.1) is 0 Å². The highest BCUT2D eigenvalue weighted by Crippen LogP contribution is 2.36. The van der Waals surface area contributed by atoms with Crippen molar-refractivity contribution >= 4 is 17.3 Å². The molecular weight excluding hydrogens is 286 g/mol. The van der Waals surface area contributed by atoms with Crippen molar-refractivity contribution in [1.29, 1.82) is 0 Å². The molecule has 3 rings (SSSR count). The van der Waals surface area contributed by atoms with Gasteiger partial charge in [-0.25, -0.2) is 0 Å². The third kappa shape index (κ3) is 3.45. The van der Waals surface area contributed by atoms with E-state index in [1.807, 2.05) is 11.8 Å². The molecule has 0 saturated carbocycles. The SMILES string of the molecule is CN(C)CCC=C1c2ccccc2CCSc2ccccc21. The molecule has 22 heavy (non-hydrogen) atoms. The molecule has 0 radical (unpaired) electrons. The van der Waals surface area contributed by atoms with E-state index in [-0.39, 0.29) is 0 Å². The first-order chi connectivity index (χ1) is 10.8. The van der Waals surface area contributed by atoms with Gasteiger partial charge in [0.1, 0.15) is 0 Å². The van der Waals surface area contributed by atoms with Crippen LogP contribution in [0.25, 0.3) is 5.57 Å². The maximum Gasteiger partial charge on any atom is 0.0151 e. The quantitative estimate of drug-likeness (QED) is 0.807. The van der Waals surface area contributed by atoms with Crippen LogP contribution in [-0.2, 0) is 6.42 Å².